The Hall–Kier alpha value is -1.16. The summed E-state index contributed by atoms with van der Waals surface area (Å²) in [6.45, 7) is 3.66. The molecule has 2 N–H and O–H groups in total. The average Bonchev–Trinajstić information content (AvgIpc) is 2.07. The Morgan fingerprint density at radius 2 is 2.14 bits per heavy atom. The maximum Gasteiger partial charge on any atom is 0.218 e. The van der Waals surface area contributed by atoms with E-state index >= 15 is 0 Å². The molecule has 0 aliphatic carbocycles. The van der Waals surface area contributed by atoms with Crippen LogP contribution in [0.1, 0.15) is 13.8 Å². The fourth-order valence-electron chi connectivity index (χ4n) is 1.32. The first-order chi connectivity index (χ1) is 6.49. The van der Waals surface area contributed by atoms with Gasteiger partial charge in [-0.1, -0.05) is 0 Å². The summed E-state index contributed by atoms with van der Waals surface area (Å²) in [5, 5.41) is 12.5. The molecule has 0 fully saturated rings. The number of phenolic OH excluding ortho intramolecular Hbond substituents is 1. The van der Waals surface area contributed by atoms with Gasteiger partial charge in [0.05, 0.1) is 5.69 Å². The van der Waals surface area contributed by atoms with Crippen LogP contribution in [0.15, 0.2) is 23.1 Å². The molecule has 1 aromatic rings. The second-order valence-electron chi connectivity index (χ2n) is 3.82. The van der Waals surface area contributed by atoms with Crippen molar-refractivity contribution in [3.63, 3.8) is 0 Å². The molecule has 0 atom stereocenters. The number of carbonyl (C=O) groups is 1. The van der Waals surface area contributed by atoms with E-state index in [1.165, 1.54) is 11.8 Å². The van der Waals surface area contributed by atoms with Crippen LogP contribution in [-0.4, -0.2) is 15.8 Å². The van der Waals surface area contributed by atoms with E-state index in [0.717, 1.165) is 10.6 Å². The summed E-state index contributed by atoms with van der Waals surface area (Å²) in [6, 6.07) is 4.96. The Balaban J connectivity index is 2.46. The molecule has 1 aliphatic rings. The first-order valence-corrected chi connectivity index (χ1v) is 5.14. The maximum atomic E-state index is 11.6. The highest BCUT2D eigenvalue weighted by Crippen LogP contribution is 2.39. The van der Waals surface area contributed by atoms with Crippen molar-refractivity contribution >= 4 is 22.6 Å². The molecule has 0 aromatic heterocycles. The Labute approximate surface area is 86.5 Å². The lowest BCUT2D eigenvalue weighted by atomic mass is 10.1. The molecule has 1 aliphatic heterocycles. The Kier molecular flexibility index (Phi) is 1.96. The fraction of sp³-hybridized carbons (Fsp3) is 0.300. The van der Waals surface area contributed by atoms with Crippen LogP contribution in [0.25, 0.3) is 0 Å². The van der Waals surface area contributed by atoms with Gasteiger partial charge in [-0.2, -0.15) is 0 Å². The van der Waals surface area contributed by atoms with Crippen LogP contribution in [0.4, 0.5) is 5.69 Å². The summed E-state index contributed by atoms with van der Waals surface area (Å²) in [4.78, 5) is 12.5. The summed E-state index contributed by atoms with van der Waals surface area (Å²) in [5.74, 6) is 0.210. The van der Waals surface area contributed by atoms with Gasteiger partial charge >= 0.3 is 0 Å². The zero-order chi connectivity index (χ0) is 10.3. The number of rotatable bonds is 0. The van der Waals surface area contributed by atoms with Crippen LogP contribution in [0, 0.1) is 0 Å². The first-order valence-electron chi connectivity index (χ1n) is 4.32. The predicted molar refractivity (Wildman–Crippen MR) is 56.7 cm³/mol. The lowest BCUT2D eigenvalue weighted by molar-refractivity contribution is -0.114. The van der Waals surface area contributed by atoms with Gasteiger partial charge in [-0.3, -0.25) is 4.79 Å². The maximum absolute atomic E-state index is 11.6. The monoisotopic (exact) mass is 209 g/mol. The average molecular weight is 209 g/mol. The molecule has 4 heteroatoms. The highest BCUT2D eigenvalue weighted by atomic mass is 32.2. The molecule has 1 heterocycles. The minimum Gasteiger partial charge on any atom is -0.508 e. The largest absolute Gasteiger partial charge is 0.508 e. The normalized spacial score (nSPS) is 18.6. The van der Waals surface area contributed by atoms with Gasteiger partial charge in [0.25, 0.3) is 0 Å². The molecule has 0 bridgehead atoms. The van der Waals surface area contributed by atoms with Crippen molar-refractivity contribution in [3.05, 3.63) is 18.2 Å². The summed E-state index contributed by atoms with van der Waals surface area (Å²) in [5.41, 5.74) is 0.255. The second-order valence-corrected chi connectivity index (χ2v) is 4.83. The van der Waals surface area contributed by atoms with Gasteiger partial charge in [0.1, 0.15) is 11.3 Å². The number of hydrogen-bond acceptors (Lipinski definition) is 4. The zero-order valence-corrected chi connectivity index (χ0v) is 8.81. The zero-order valence-electron chi connectivity index (χ0n) is 8.00. The number of carbonyl (C=O) groups excluding carboxylic acids is 1. The van der Waals surface area contributed by atoms with Gasteiger partial charge < -0.3 is 10.4 Å². The number of nitrogens with one attached hydrogen (secondary N) is 1. The van der Waals surface area contributed by atoms with Gasteiger partial charge in [-0.15, -0.1) is 0 Å². The van der Waals surface area contributed by atoms with Crippen LogP contribution in [0.2, 0.25) is 0 Å². The summed E-state index contributed by atoms with van der Waals surface area (Å²) >= 11 is 1.21. The molecule has 1 aromatic carbocycles. The molecule has 0 saturated carbocycles. The topological polar surface area (TPSA) is 49.3 Å². The number of benzene rings is 1. The lowest BCUT2D eigenvalue weighted by Gasteiger charge is -2.31. The van der Waals surface area contributed by atoms with Crippen molar-refractivity contribution in [2.45, 2.75) is 24.3 Å². The van der Waals surface area contributed by atoms with Crippen LogP contribution in [-0.2, 0) is 4.79 Å². The second kappa shape index (κ2) is 2.92. The van der Waals surface area contributed by atoms with Crippen molar-refractivity contribution in [2.24, 2.45) is 0 Å². The lowest BCUT2D eigenvalue weighted by Crippen LogP contribution is -2.40. The number of thioether (sulfide) groups is 1. The Morgan fingerprint density at radius 1 is 1.43 bits per heavy atom. The quantitative estimate of drug-likeness (QED) is 0.688. The van der Waals surface area contributed by atoms with Gasteiger partial charge in [-0.05, 0) is 37.7 Å². The molecular formula is C10H11NO2S. The molecular weight excluding hydrogens is 198 g/mol. The fourth-order valence-corrected chi connectivity index (χ4v) is 2.18. The summed E-state index contributed by atoms with van der Waals surface area (Å²) in [6.07, 6.45) is 0. The minimum absolute atomic E-state index is 0.0932. The molecule has 0 spiro atoms. The van der Waals surface area contributed by atoms with Crippen molar-refractivity contribution in [1.29, 1.82) is 0 Å². The Morgan fingerprint density at radius 3 is 2.86 bits per heavy atom. The van der Waals surface area contributed by atoms with Crippen molar-refractivity contribution < 1.29 is 9.90 Å². The third kappa shape index (κ3) is 1.46. The molecule has 0 unspecified atom stereocenters. The van der Waals surface area contributed by atoms with Gasteiger partial charge in [0, 0.05) is 11.0 Å². The van der Waals surface area contributed by atoms with E-state index in [0.29, 0.717) is 0 Å². The summed E-state index contributed by atoms with van der Waals surface area (Å²) < 4.78 is 0. The molecule has 74 valence electrons. The van der Waals surface area contributed by atoms with Crippen LogP contribution in [0.3, 0.4) is 0 Å². The van der Waals surface area contributed by atoms with E-state index in [4.69, 9.17) is 0 Å². The molecule has 14 heavy (non-hydrogen) atoms. The van der Waals surface area contributed by atoms with Crippen molar-refractivity contribution in [1.82, 2.24) is 0 Å². The first kappa shape index (κ1) is 9.40. The van der Waals surface area contributed by atoms with E-state index in [9.17, 15) is 9.90 Å². The molecule has 2 rings (SSSR count). The number of fused-ring (bicyclic) bond motifs is 1. The molecule has 3 nitrogen and oxygen atoms in total. The molecule has 0 radical (unpaired) electrons. The number of hydrogen-bond donors (Lipinski definition) is 2. The van der Waals surface area contributed by atoms with Crippen LogP contribution in [0.5, 0.6) is 5.75 Å². The van der Waals surface area contributed by atoms with E-state index in [1.54, 1.807) is 18.2 Å². The minimum atomic E-state index is -0.564. The van der Waals surface area contributed by atoms with Crippen LogP contribution >= 0.6 is 11.8 Å². The highest BCUT2D eigenvalue weighted by molar-refractivity contribution is 8.14. The van der Waals surface area contributed by atoms with Crippen molar-refractivity contribution in [3.8, 4) is 5.75 Å². The van der Waals surface area contributed by atoms with Gasteiger partial charge in [-0.25, -0.2) is 0 Å². The number of aromatic hydroxyl groups is 1. The third-order valence-electron chi connectivity index (χ3n) is 2.12. The SMILES string of the molecule is CC1(C)Nc2cc(O)ccc2SC1=O. The smallest absolute Gasteiger partial charge is 0.218 e. The standard InChI is InChI=1S/C10H11NO2S/c1-10(2)9(13)14-8-4-3-6(12)5-7(8)11-10/h3-5,11-12H,1-2H3. The van der Waals surface area contributed by atoms with Gasteiger partial charge in [0.2, 0.25) is 5.12 Å². The Bertz CT molecular complexity index is 401. The predicted octanol–water partition coefficient (Wildman–Crippen LogP) is 2.21. The van der Waals surface area contributed by atoms with Gasteiger partial charge in [0.15, 0.2) is 0 Å². The highest BCUT2D eigenvalue weighted by Gasteiger charge is 2.33. The van der Waals surface area contributed by atoms with Crippen LogP contribution < -0.4 is 5.32 Å². The number of anilines is 1. The van der Waals surface area contributed by atoms with E-state index in [2.05, 4.69) is 5.32 Å². The van der Waals surface area contributed by atoms with Crippen molar-refractivity contribution in [2.75, 3.05) is 5.32 Å². The van der Waals surface area contributed by atoms with E-state index in [-0.39, 0.29) is 10.9 Å². The summed E-state index contributed by atoms with van der Waals surface area (Å²) in [7, 11) is 0. The molecule has 0 amide bonds. The van der Waals surface area contributed by atoms with E-state index in [1.807, 2.05) is 13.8 Å². The third-order valence-corrected chi connectivity index (χ3v) is 3.39. The number of phenols is 1. The van der Waals surface area contributed by atoms with E-state index < -0.39 is 5.54 Å². The molecule has 0 saturated heterocycles.